The van der Waals surface area contributed by atoms with Crippen molar-refractivity contribution in [3.8, 4) is 0 Å². The summed E-state index contributed by atoms with van der Waals surface area (Å²) in [7, 11) is 0. The summed E-state index contributed by atoms with van der Waals surface area (Å²) in [6.07, 6.45) is 4.01. The van der Waals surface area contributed by atoms with Crippen LogP contribution in [-0.4, -0.2) is 26.1 Å². The van der Waals surface area contributed by atoms with Gasteiger partial charge in [0, 0.05) is 0 Å². The van der Waals surface area contributed by atoms with Gasteiger partial charge in [-0.3, -0.25) is 0 Å². The maximum atomic E-state index is 4.63. The molecule has 0 atom stereocenters. The van der Waals surface area contributed by atoms with Crippen LogP contribution in [0.5, 0.6) is 0 Å². The van der Waals surface area contributed by atoms with Gasteiger partial charge in [-0.15, -0.1) is 0 Å². The first-order valence-electron chi connectivity index (χ1n) is 5.36. The van der Waals surface area contributed by atoms with Crippen LogP contribution in [0.3, 0.4) is 0 Å². The van der Waals surface area contributed by atoms with Gasteiger partial charge in [0.25, 0.3) is 0 Å². The first-order chi connectivity index (χ1) is 6.65. The number of aromatic nitrogens is 1. The normalized spacial score (nSPS) is 12.0. The molecular formula is C11H19NSSn. The molecule has 14 heavy (non-hydrogen) atoms. The first kappa shape index (κ1) is 12.5. The standard InChI is InChI=1S/C7H15.C4H4NS.Sn/c1-4-7(5-2)6-3;1-4-5-2-3-6-4;/h4-6H2,1-3H3;3H,1H3;. The molecule has 0 aromatic carbocycles. The Labute approximate surface area is 102 Å². The summed E-state index contributed by atoms with van der Waals surface area (Å²) >= 11 is 1.32. The number of nitrogens with zero attached hydrogens (tertiary/aromatic N) is 1. The molecule has 0 saturated heterocycles. The molecule has 78 valence electrons. The van der Waals surface area contributed by atoms with E-state index in [4.69, 9.17) is 0 Å². The zero-order chi connectivity index (χ0) is 10.6. The molecule has 1 rings (SSSR count). The number of hydrogen-bond acceptors (Lipinski definition) is 2. The van der Waals surface area contributed by atoms with Crippen LogP contribution in [0.1, 0.15) is 45.0 Å². The van der Waals surface area contributed by atoms with Crippen molar-refractivity contribution in [2.75, 3.05) is 0 Å². The number of hydrogen-bond donors (Lipinski definition) is 0. The Hall–Kier alpha value is 0.429. The van der Waals surface area contributed by atoms with Crippen molar-refractivity contribution in [2.24, 2.45) is 0 Å². The molecule has 3 heteroatoms. The first-order valence-corrected chi connectivity index (χ1v) is 9.09. The second-order valence-corrected chi connectivity index (χ2v) is 9.98. The molecule has 0 aliphatic carbocycles. The Morgan fingerprint density at radius 3 is 2.21 bits per heavy atom. The minimum absolute atomic E-state index is 0.484. The van der Waals surface area contributed by atoms with E-state index in [2.05, 4.69) is 38.1 Å². The Morgan fingerprint density at radius 2 is 1.86 bits per heavy atom. The van der Waals surface area contributed by atoms with E-state index < -0.39 is 21.1 Å². The zero-order valence-electron chi connectivity index (χ0n) is 9.55. The van der Waals surface area contributed by atoms with Gasteiger partial charge in [0.1, 0.15) is 0 Å². The molecule has 0 aliphatic rings. The van der Waals surface area contributed by atoms with Crippen molar-refractivity contribution < 1.29 is 0 Å². The van der Waals surface area contributed by atoms with Crippen molar-refractivity contribution in [3.63, 3.8) is 0 Å². The van der Waals surface area contributed by atoms with Crippen LogP contribution in [0.25, 0.3) is 0 Å². The van der Waals surface area contributed by atoms with Crippen molar-refractivity contribution in [1.29, 1.82) is 0 Å². The molecule has 0 bridgehead atoms. The molecule has 0 saturated carbocycles. The van der Waals surface area contributed by atoms with Gasteiger partial charge in [0.15, 0.2) is 0 Å². The van der Waals surface area contributed by atoms with Crippen LogP contribution in [0.2, 0.25) is 3.43 Å². The molecule has 0 amide bonds. The zero-order valence-corrected chi connectivity index (χ0v) is 13.2. The molecular weight excluding hydrogens is 297 g/mol. The molecule has 1 aromatic heterocycles. The average molecular weight is 316 g/mol. The summed E-state index contributed by atoms with van der Waals surface area (Å²) in [5.74, 6) is 0. The average Bonchev–Trinajstić information content (AvgIpc) is 2.61. The van der Waals surface area contributed by atoms with E-state index in [0.717, 1.165) is 0 Å². The molecule has 1 nitrogen and oxygen atoms in total. The molecule has 0 fully saturated rings. The predicted molar refractivity (Wildman–Crippen MR) is 65.8 cm³/mol. The third-order valence-electron chi connectivity index (χ3n) is 3.04. The van der Waals surface area contributed by atoms with Crippen LogP contribution in [0.4, 0.5) is 0 Å². The van der Waals surface area contributed by atoms with Gasteiger partial charge in [-0.2, -0.15) is 0 Å². The summed E-state index contributed by atoms with van der Waals surface area (Å²) < 4.78 is 2.12. The summed E-state index contributed by atoms with van der Waals surface area (Å²) in [5, 5.41) is 3.52. The summed E-state index contributed by atoms with van der Waals surface area (Å²) in [6.45, 7) is 9.13. The fourth-order valence-corrected chi connectivity index (χ4v) is 7.20. The van der Waals surface area contributed by atoms with Gasteiger partial charge in [-0.1, -0.05) is 0 Å². The molecule has 0 spiro atoms. The van der Waals surface area contributed by atoms with Gasteiger partial charge in [0.2, 0.25) is 0 Å². The van der Waals surface area contributed by atoms with Crippen LogP contribution in [0.15, 0.2) is 5.38 Å². The van der Waals surface area contributed by atoms with Crippen LogP contribution < -0.4 is 3.71 Å². The van der Waals surface area contributed by atoms with Crippen LogP contribution in [-0.2, 0) is 0 Å². The second-order valence-electron chi connectivity index (χ2n) is 3.72. The van der Waals surface area contributed by atoms with Gasteiger partial charge in [0.05, 0.1) is 0 Å². The monoisotopic (exact) mass is 317 g/mol. The molecule has 1 aromatic rings. The van der Waals surface area contributed by atoms with E-state index in [1.807, 2.05) is 11.3 Å². The van der Waals surface area contributed by atoms with Crippen LogP contribution >= 0.6 is 11.3 Å². The third-order valence-corrected chi connectivity index (χ3v) is 10.4. The van der Waals surface area contributed by atoms with Gasteiger partial charge in [-0.05, 0) is 0 Å². The third kappa shape index (κ3) is 2.96. The number of rotatable bonds is 5. The van der Waals surface area contributed by atoms with E-state index in [1.165, 1.54) is 28.0 Å². The van der Waals surface area contributed by atoms with Gasteiger partial charge in [-0.25, -0.2) is 0 Å². The SMILES string of the molecule is CC[C](CC)(CC)[Sn][c]1csc(C)n1. The molecule has 2 radical (unpaired) electrons. The summed E-state index contributed by atoms with van der Waals surface area (Å²) in [6, 6.07) is 0. The topological polar surface area (TPSA) is 12.9 Å². The Morgan fingerprint density at radius 1 is 1.29 bits per heavy atom. The number of aryl methyl sites for hydroxylation is 1. The van der Waals surface area contributed by atoms with Crippen LogP contribution in [0, 0.1) is 6.92 Å². The van der Waals surface area contributed by atoms with Crippen molar-refractivity contribution in [1.82, 2.24) is 4.98 Å². The maximum absolute atomic E-state index is 4.63. The minimum atomic E-state index is -0.484. The number of thiazole rings is 1. The Kier molecular flexibility index (Phi) is 4.91. The van der Waals surface area contributed by atoms with Crippen molar-refractivity contribution in [2.45, 2.75) is 50.4 Å². The fourth-order valence-electron chi connectivity index (χ4n) is 1.71. The van der Waals surface area contributed by atoms with Gasteiger partial charge >= 0.3 is 102 Å². The second kappa shape index (κ2) is 5.50. The van der Waals surface area contributed by atoms with Crippen molar-refractivity contribution in [3.05, 3.63) is 10.4 Å². The Bertz CT molecular complexity index is 270. The predicted octanol–water partition coefficient (Wildman–Crippen LogP) is 3.17. The van der Waals surface area contributed by atoms with E-state index >= 15 is 0 Å². The fraction of sp³-hybridized carbons (Fsp3) is 0.727. The van der Waals surface area contributed by atoms with Gasteiger partial charge < -0.3 is 0 Å². The molecule has 0 N–H and O–H groups in total. The summed E-state index contributed by atoms with van der Waals surface area (Å²) in [4.78, 5) is 4.63. The van der Waals surface area contributed by atoms with E-state index in [1.54, 1.807) is 0 Å². The molecule has 1 heterocycles. The quantitative estimate of drug-likeness (QED) is 0.761. The van der Waals surface area contributed by atoms with E-state index in [9.17, 15) is 0 Å². The molecule has 0 aliphatic heterocycles. The summed E-state index contributed by atoms with van der Waals surface area (Å²) in [5.41, 5.74) is 0. The van der Waals surface area contributed by atoms with E-state index in [0.29, 0.717) is 3.43 Å². The van der Waals surface area contributed by atoms with E-state index in [-0.39, 0.29) is 0 Å². The Balaban J connectivity index is 2.73. The molecule has 0 unspecified atom stereocenters. The van der Waals surface area contributed by atoms with Crippen molar-refractivity contribution >= 4 is 36.2 Å².